The van der Waals surface area contributed by atoms with E-state index in [0.717, 1.165) is 0 Å². The molecule has 1 atom stereocenters. The lowest BCUT2D eigenvalue weighted by Gasteiger charge is -2.29. The summed E-state index contributed by atoms with van der Waals surface area (Å²) >= 11 is 0. The van der Waals surface area contributed by atoms with Crippen LogP contribution >= 0.6 is 0 Å². The molecule has 6 heteroatoms. The average molecular weight is 267 g/mol. The molecule has 0 aromatic heterocycles. The number of amides is 1. The molecule has 19 heavy (non-hydrogen) atoms. The van der Waals surface area contributed by atoms with Crippen molar-refractivity contribution in [1.29, 1.82) is 0 Å². The standard InChI is InChI=1S/C13H17NO5/c1-14(13(16)17-7-6-15)8-10-9-18-11-4-2-3-5-12(11)19-10/h2-5,10,15H,6-9H2,1H3. The van der Waals surface area contributed by atoms with Crippen LogP contribution in [-0.4, -0.2) is 55.6 Å². The van der Waals surface area contributed by atoms with Crippen LogP contribution in [0.25, 0.3) is 0 Å². The van der Waals surface area contributed by atoms with Gasteiger partial charge in [0.2, 0.25) is 0 Å². The molecule has 1 aliphatic heterocycles. The van der Waals surface area contributed by atoms with Crippen LogP contribution in [0, 0.1) is 0 Å². The predicted molar refractivity (Wildman–Crippen MR) is 67.4 cm³/mol. The summed E-state index contributed by atoms with van der Waals surface area (Å²) in [5.74, 6) is 1.39. The smallest absolute Gasteiger partial charge is 0.409 e. The Morgan fingerprint density at radius 3 is 2.95 bits per heavy atom. The molecular weight excluding hydrogens is 250 g/mol. The Morgan fingerprint density at radius 2 is 2.21 bits per heavy atom. The van der Waals surface area contributed by atoms with Crippen molar-refractivity contribution in [2.45, 2.75) is 6.10 Å². The van der Waals surface area contributed by atoms with E-state index in [9.17, 15) is 4.79 Å². The lowest BCUT2D eigenvalue weighted by atomic mass is 10.2. The lowest BCUT2D eigenvalue weighted by Crippen LogP contribution is -2.42. The summed E-state index contributed by atoms with van der Waals surface area (Å²) in [6.07, 6.45) is -0.724. The van der Waals surface area contributed by atoms with E-state index < -0.39 is 6.09 Å². The first kappa shape index (κ1) is 13.5. The fourth-order valence-corrected chi connectivity index (χ4v) is 1.78. The highest BCUT2D eigenvalue weighted by Gasteiger charge is 2.24. The van der Waals surface area contributed by atoms with E-state index in [4.69, 9.17) is 19.3 Å². The largest absolute Gasteiger partial charge is 0.486 e. The van der Waals surface area contributed by atoms with Gasteiger partial charge in [-0.05, 0) is 12.1 Å². The summed E-state index contributed by atoms with van der Waals surface area (Å²) in [6, 6.07) is 7.40. The van der Waals surface area contributed by atoms with Crippen molar-refractivity contribution in [3.63, 3.8) is 0 Å². The van der Waals surface area contributed by atoms with Gasteiger partial charge in [-0.1, -0.05) is 12.1 Å². The number of likely N-dealkylation sites (N-methyl/N-ethyl adjacent to an activating group) is 1. The maximum absolute atomic E-state index is 11.5. The van der Waals surface area contributed by atoms with Crippen LogP contribution in [-0.2, 0) is 4.74 Å². The number of hydrogen-bond acceptors (Lipinski definition) is 5. The normalized spacial score (nSPS) is 16.8. The lowest BCUT2D eigenvalue weighted by molar-refractivity contribution is 0.0496. The van der Waals surface area contributed by atoms with Crippen molar-refractivity contribution in [3.8, 4) is 11.5 Å². The molecule has 1 aromatic carbocycles. The van der Waals surface area contributed by atoms with Gasteiger partial charge < -0.3 is 24.2 Å². The van der Waals surface area contributed by atoms with Gasteiger partial charge in [0, 0.05) is 7.05 Å². The van der Waals surface area contributed by atoms with E-state index in [-0.39, 0.29) is 19.3 Å². The first-order valence-corrected chi connectivity index (χ1v) is 6.08. The second-order valence-electron chi connectivity index (χ2n) is 4.22. The molecule has 1 aliphatic rings. The third kappa shape index (κ3) is 3.51. The van der Waals surface area contributed by atoms with E-state index in [0.29, 0.717) is 24.7 Å². The Balaban J connectivity index is 1.86. The van der Waals surface area contributed by atoms with Gasteiger partial charge in [-0.2, -0.15) is 0 Å². The summed E-state index contributed by atoms with van der Waals surface area (Å²) in [7, 11) is 1.61. The van der Waals surface area contributed by atoms with E-state index in [1.807, 2.05) is 24.3 Å². The quantitative estimate of drug-likeness (QED) is 0.877. The van der Waals surface area contributed by atoms with Gasteiger partial charge in [-0.3, -0.25) is 0 Å². The number of aliphatic hydroxyl groups is 1. The monoisotopic (exact) mass is 267 g/mol. The molecule has 0 aliphatic carbocycles. The zero-order chi connectivity index (χ0) is 13.7. The SMILES string of the molecule is CN(CC1COc2ccccc2O1)C(=O)OCCO. The topological polar surface area (TPSA) is 68.2 Å². The Labute approximate surface area is 111 Å². The summed E-state index contributed by atoms with van der Waals surface area (Å²) in [4.78, 5) is 12.9. The van der Waals surface area contributed by atoms with Crippen molar-refractivity contribution in [2.75, 3.05) is 33.4 Å². The maximum atomic E-state index is 11.5. The van der Waals surface area contributed by atoms with Gasteiger partial charge in [-0.15, -0.1) is 0 Å². The van der Waals surface area contributed by atoms with Crippen LogP contribution in [0.2, 0.25) is 0 Å². The summed E-state index contributed by atoms with van der Waals surface area (Å²) in [5, 5.41) is 8.59. The van der Waals surface area contributed by atoms with Crippen LogP contribution in [0.1, 0.15) is 0 Å². The Bertz CT molecular complexity index is 437. The van der Waals surface area contributed by atoms with Crippen LogP contribution in [0.4, 0.5) is 4.79 Å². The number of hydrogen-bond donors (Lipinski definition) is 1. The summed E-state index contributed by atoms with van der Waals surface area (Å²) < 4.78 is 16.1. The number of aliphatic hydroxyl groups excluding tert-OH is 1. The van der Waals surface area contributed by atoms with Crippen LogP contribution < -0.4 is 9.47 Å². The minimum Gasteiger partial charge on any atom is -0.486 e. The molecule has 1 unspecified atom stereocenters. The minimum atomic E-state index is -0.489. The average Bonchev–Trinajstić information content (AvgIpc) is 2.44. The molecule has 1 heterocycles. The van der Waals surface area contributed by atoms with Gasteiger partial charge in [0.05, 0.1) is 13.2 Å². The highest BCUT2D eigenvalue weighted by atomic mass is 16.6. The zero-order valence-electron chi connectivity index (χ0n) is 10.7. The fraction of sp³-hybridized carbons (Fsp3) is 0.462. The number of carbonyl (C=O) groups excluding carboxylic acids is 1. The number of rotatable bonds is 4. The molecule has 0 radical (unpaired) electrons. The molecule has 0 saturated carbocycles. The van der Waals surface area contributed by atoms with Crippen molar-refractivity contribution >= 4 is 6.09 Å². The van der Waals surface area contributed by atoms with Gasteiger partial charge >= 0.3 is 6.09 Å². The second-order valence-corrected chi connectivity index (χ2v) is 4.22. The molecule has 104 valence electrons. The first-order valence-electron chi connectivity index (χ1n) is 6.08. The van der Waals surface area contributed by atoms with Gasteiger partial charge in [0.25, 0.3) is 0 Å². The Morgan fingerprint density at radius 1 is 1.47 bits per heavy atom. The summed E-state index contributed by atoms with van der Waals surface area (Å²) in [5.41, 5.74) is 0. The molecule has 1 amide bonds. The van der Waals surface area contributed by atoms with Gasteiger partial charge in [0.15, 0.2) is 17.6 Å². The van der Waals surface area contributed by atoms with Crippen molar-refractivity contribution in [3.05, 3.63) is 24.3 Å². The number of para-hydroxylation sites is 2. The molecule has 1 N–H and O–H groups in total. The number of fused-ring (bicyclic) bond motifs is 1. The van der Waals surface area contributed by atoms with E-state index >= 15 is 0 Å². The number of nitrogens with zero attached hydrogens (tertiary/aromatic N) is 1. The molecule has 1 aromatic rings. The highest BCUT2D eigenvalue weighted by molar-refractivity contribution is 5.67. The van der Waals surface area contributed by atoms with Crippen molar-refractivity contribution < 1.29 is 24.1 Å². The van der Waals surface area contributed by atoms with Gasteiger partial charge in [-0.25, -0.2) is 4.79 Å². The zero-order valence-corrected chi connectivity index (χ0v) is 10.7. The molecule has 0 bridgehead atoms. The molecular formula is C13H17NO5. The Hall–Kier alpha value is -1.95. The van der Waals surface area contributed by atoms with Crippen LogP contribution in [0.15, 0.2) is 24.3 Å². The number of carbonyl (C=O) groups is 1. The third-order valence-electron chi connectivity index (χ3n) is 2.67. The van der Waals surface area contributed by atoms with E-state index in [1.54, 1.807) is 7.05 Å². The fourth-order valence-electron chi connectivity index (χ4n) is 1.78. The van der Waals surface area contributed by atoms with Crippen molar-refractivity contribution in [2.24, 2.45) is 0 Å². The molecule has 0 spiro atoms. The van der Waals surface area contributed by atoms with Crippen LogP contribution in [0.3, 0.4) is 0 Å². The highest BCUT2D eigenvalue weighted by Crippen LogP contribution is 2.30. The van der Waals surface area contributed by atoms with Crippen LogP contribution in [0.5, 0.6) is 11.5 Å². The third-order valence-corrected chi connectivity index (χ3v) is 2.67. The Kier molecular flexibility index (Phi) is 4.46. The molecule has 2 rings (SSSR count). The minimum absolute atomic E-state index is 0.00592. The first-order chi connectivity index (χ1) is 9.20. The molecule has 0 fully saturated rings. The summed E-state index contributed by atoms with van der Waals surface area (Å²) in [6.45, 7) is 0.553. The van der Waals surface area contributed by atoms with Gasteiger partial charge in [0.1, 0.15) is 13.2 Å². The molecule has 6 nitrogen and oxygen atoms in total. The van der Waals surface area contributed by atoms with E-state index in [2.05, 4.69) is 0 Å². The predicted octanol–water partition coefficient (Wildman–Crippen LogP) is 0.887. The second kappa shape index (κ2) is 6.29. The number of benzene rings is 1. The van der Waals surface area contributed by atoms with E-state index in [1.165, 1.54) is 4.90 Å². The maximum Gasteiger partial charge on any atom is 0.409 e. The van der Waals surface area contributed by atoms with Crippen molar-refractivity contribution in [1.82, 2.24) is 4.90 Å². The molecule has 0 saturated heterocycles. The number of ether oxygens (including phenoxy) is 3.